The maximum absolute atomic E-state index is 12.8. The summed E-state index contributed by atoms with van der Waals surface area (Å²) in [5.74, 6) is 0.160. The Morgan fingerprint density at radius 2 is 1.92 bits per heavy atom. The molecular weight excluding hydrogens is 342 g/mol. The fourth-order valence-electron chi connectivity index (χ4n) is 3.03. The van der Waals surface area contributed by atoms with E-state index in [9.17, 15) is 4.79 Å². The summed E-state index contributed by atoms with van der Waals surface area (Å²) in [5, 5.41) is 3.08. The highest BCUT2D eigenvalue weighted by Gasteiger charge is 2.32. The number of benzene rings is 1. The van der Waals surface area contributed by atoms with Crippen LogP contribution >= 0.6 is 11.3 Å². The van der Waals surface area contributed by atoms with Gasteiger partial charge in [-0.1, -0.05) is 36.4 Å². The van der Waals surface area contributed by atoms with Crippen molar-refractivity contribution >= 4 is 17.2 Å². The fourth-order valence-corrected chi connectivity index (χ4v) is 3.86. The summed E-state index contributed by atoms with van der Waals surface area (Å²) in [4.78, 5) is 23.7. The molecule has 132 valence electrons. The number of nitrogens with zero attached hydrogens (tertiary/aromatic N) is 3. The molecule has 1 saturated carbocycles. The molecule has 0 spiro atoms. The number of hydrogen-bond donors (Lipinski definition) is 0. The molecule has 2 aromatic heterocycles. The minimum absolute atomic E-state index is 0.160. The zero-order chi connectivity index (χ0) is 17.8. The van der Waals surface area contributed by atoms with Gasteiger partial charge in [-0.2, -0.15) is 0 Å². The topological polar surface area (TPSA) is 46.1 Å². The smallest absolute Gasteiger partial charge is 0.229 e. The quantitative estimate of drug-likeness (QED) is 0.640. The van der Waals surface area contributed by atoms with Crippen molar-refractivity contribution in [2.24, 2.45) is 0 Å². The lowest BCUT2D eigenvalue weighted by Crippen LogP contribution is -2.33. The molecule has 1 aliphatic carbocycles. The zero-order valence-electron chi connectivity index (χ0n) is 14.5. The standard InChI is InChI=1S/C21H21N3OS/c25-21(24(19-8-9-19)14-17-7-4-10-22-13-17)12-18-15-26-20(23-18)11-16-5-2-1-3-6-16/h1-7,10,13,15,19H,8-9,11-12,14H2. The Balaban J connectivity index is 1.40. The molecular formula is C21H21N3OS. The molecule has 0 atom stereocenters. The van der Waals surface area contributed by atoms with Crippen LogP contribution in [-0.2, 0) is 24.2 Å². The number of rotatable bonds is 7. The summed E-state index contributed by atoms with van der Waals surface area (Å²) < 4.78 is 0. The summed E-state index contributed by atoms with van der Waals surface area (Å²) in [7, 11) is 0. The van der Waals surface area contributed by atoms with Crippen molar-refractivity contribution in [2.45, 2.75) is 38.3 Å². The van der Waals surface area contributed by atoms with Gasteiger partial charge in [-0.3, -0.25) is 9.78 Å². The van der Waals surface area contributed by atoms with Crippen LogP contribution in [0.4, 0.5) is 0 Å². The van der Waals surface area contributed by atoms with E-state index in [2.05, 4.69) is 22.1 Å². The third kappa shape index (κ3) is 4.35. The van der Waals surface area contributed by atoms with Gasteiger partial charge in [0.25, 0.3) is 0 Å². The van der Waals surface area contributed by atoms with E-state index in [4.69, 9.17) is 0 Å². The molecule has 1 aromatic carbocycles. The summed E-state index contributed by atoms with van der Waals surface area (Å²) >= 11 is 1.63. The highest BCUT2D eigenvalue weighted by Crippen LogP contribution is 2.29. The van der Waals surface area contributed by atoms with Crippen LogP contribution in [0.5, 0.6) is 0 Å². The lowest BCUT2D eigenvalue weighted by atomic mass is 10.2. The SMILES string of the molecule is O=C(Cc1csc(Cc2ccccc2)n1)N(Cc1cccnc1)C1CC1. The van der Waals surface area contributed by atoms with E-state index >= 15 is 0 Å². The van der Waals surface area contributed by atoms with Gasteiger partial charge in [-0.15, -0.1) is 11.3 Å². The van der Waals surface area contributed by atoms with E-state index in [-0.39, 0.29) is 5.91 Å². The van der Waals surface area contributed by atoms with Gasteiger partial charge in [0, 0.05) is 36.8 Å². The molecule has 0 radical (unpaired) electrons. The van der Waals surface area contributed by atoms with Crippen LogP contribution in [0.15, 0.2) is 60.2 Å². The van der Waals surface area contributed by atoms with Crippen molar-refractivity contribution < 1.29 is 4.79 Å². The minimum atomic E-state index is 0.160. The van der Waals surface area contributed by atoms with Gasteiger partial charge in [0.05, 0.1) is 17.1 Å². The van der Waals surface area contributed by atoms with Crippen molar-refractivity contribution in [2.75, 3.05) is 0 Å². The summed E-state index contributed by atoms with van der Waals surface area (Å²) in [6, 6.07) is 14.6. The maximum Gasteiger partial charge on any atom is 0.229 e. The van der Waals surface area contributed by atoms with Crippen LogP contribution in [0.3, 0.4) is 0 Å². The molecule has 3 aromatic rings. The van der Waals surface area contributed by atoms with Crippen LogP contribution < -0.4 is 0 Å². The molecule has 26 heavy (non-hydrogen) atoms. The lowest BCUT2D eigenvalue weighted by molar-refractivity contribution is -0.131. The van der Waals surface area contributed by atoms with Gasteiger partial charge in [0.2, 0.25) is 5.91 Å². The summed E-state index contributed by atoms with van der Waals surface area (Å²) in [6.07, 6.45) is 6.99. The minimum Gasteiger partial charge on any atom is -0.335 e. The van der Waals surface area contributed by atoms with Crippen molar-refractivity contribution in [3.63, 3.8) is 0 Å². The maximum atomic E-state index is 12.8. The van der Waals surface area contributed by atoms with E-state index in [0.717, 1.165) is 35.5 Å². The van der Waals surface area contributed by atoms with Crippen LogP contribution in [0.2, 0.25) is 0 Å². The molecule has 0 aliphatic heterocycles. The Labute approximate surface area is 157 Å². The van der Waals surface area contributed by atoms with Crippen molar-refractivity contribution in [1.29, 1.82) is 0 Å². The highest BCUT2D eigenvalue weighted by atomic mass is 32.1. The Kier molecular flexibility index (Phi) is 5.07. The third-order valence-electron chi connectivity index (χ3n) is 4.51. The second-order valence-electron chi connectivity index (χ2n) is 6.69. The highest BCUT2D eigenvalue weighted by molar-refractivity contribution is 7.09. The summed E-state index contributed by atoms with van der Waals surface area (Å²) in [5.41, 5.74) is 3.20. The average molecular weight is 363 g/mol. The number of thiazole rings is 1. The number of hydrogen-bond acceptors (Lipinski definition) is 4. The van der Waals surface area contributed by atoms with Crippen LogP contribution in [0.25, 0.3) is 0 Å². The monoisotopic (exact) mass is 363 g/mol. The molecule has 2 heterocycles. The van der Waals surface area contributed by atoms with Gasteiger partial charge in [-0.05, 0) is 30.0 Å². The second kappa shape index (κ2) is 7.79. The number of aromatic nitrogens is 2. The zero-order valence-corrected chi connectivity index (χ0v) is 15.4. The van der Waals surface area contributed by atoms with Gasteiger partial charge < -0.3 is 4.90 Å². The molecule has 1 amide bonds. The number of amides is 1. The molecule has 4 nitrogen and oxygen atoms in total. The molecule has 0 N–H and O–H groups in total. The first-order valence-corrected chi connectivity index (χ1v) is 9.81. The number of pyridine rings is 1. The molecule has 5 heteroatoms. The predicted octanol–water partition coefficient (Wildman–Crippen LogP) is 3.86. The lowest BCUT2D eigenvalue weighted by Gasteiger charge is -2.22. The molecule has 0 saturated heterocycles. The molecule has 1 fully saturated rings. The van der Waals surface area contributed by atoms with Gasteiger partial charge in [0.1, 0.15) is 0 Å². The normalized spacial score (nSPS) is 13.5. The number of carbonyl (C=O) groups excluding carboxylic acids is 1. The first-order valence-electron chi connectivity index (χ1n) is 8.93. The molecule has 0 unspecified atom stereocenters. The first-order chi connectivity index (χ1) is 12.8. The van der Waals surface area contributed by atoms with Crippen molar-refractivity contribution in [1.82, 2.24) is 14.9 Å². The second-order valence-corrected chi connectivity index (χ2v) is 7.63. The molecule has 1 aliphatic rings. The van der Waals surface area contributed by atoms with E-state index in [1.54, 1.807) is 17.5 Å². The Bertz CT molecular complexity index is 859. The third-order valence-corrected chi connectivity index (χ3v) is 5.41. The Morgan fingerprint density at radius 3 is 2.65 bits per heavy atom. The van der Waals surface area contributed by atoms with Crippen LogP contribution in [0.1, 0.15) is 34.7 Å². The van der Waals surface area contributed by atoms with E-state index in [1.165, 1.54) is 5.56 Å². The fraction of sp³-hybridized carbons (Fsp3) is 0.286. The van der Waals surface area contributed by atoms with Crippen LogP contribution in [-0.4, -0.2) is 26.8 Å². The van der Waals surface area contributed by atoms with Crippen molar-refractivity contribution in [3.8, 4) is 0 Å². The predicted molar refractivity (Wildman–Crippen MR) is 103 cm³/mol. The van der Waals surface area contributed by atoms with Crippen LogP contribution in [0, 0.1) is 0 Å². The Morgan fingerprint density at radius 1 is 1.12 bits per heavy atom. The molecule has 0 bridgehead atoms. The number of carbonyl (C=O) groups is 1. The van der Waals surface area contributed by atoms with E-state index in [0.29, 0.717) is 19.0 Å². The Hall–Kier alpha value is -2.53. The van der Waals surface area contributed by atoms with E-state index < -0.39 is 0 Å². The largest absolute Gasteiger partial charge is 0.335 e. The molecule has 4 rings (SSSR count). The van der Waals surface area contributed by atoms with E-state index in [1.807, 2.05) is 46.8 Å². The first kappa shape index (κ1) is 16.9. The summed E-state index contributed by atoms with van der Waals surface area (Å²) in [6.45, 7) is 0.637. The van der Waals surface area contributed by atoms with Gasteiger partial charge >= 0.3 is 0 Å². The average Bonchev–Trinajstić information content (AvgIpc) is 3.42. The van der Waals surface area contributed by atoms with Gasteiger partial charge in [-0.25, -0.2) is 4.98 Å². The van der Waals surface area contributed by atoms with Crippen molar-refractivity contribution in [3.05, 3.63) is 82.1 Å². The van der Waals surface area contributed by atoms with Gasteiger partial charge in [0.15, 0.2) is 0 Å².